The molecule has 0 amide bonds. The first kappa shape index (κ1) is 11.4. The van der Waals surface area contributed by atoms with Gasteiger partial charge in [-0.15, -0.1) is 0 Å². The fourth-order valence-electron chi connectivity index (χ4n) is 2.41. The SMILES string of the molecule is CN(C)c1ccc(C2(CN)CCC2)cc1F. The lowest BCUT2D eigenvalue weighted by atomic mass is 9.64. The molecule has 0 aliphatic heterocycles. The van der Waals surface area contributed by atoms with Crippen molar-refractivity contribution in [1.82, 2.24) is 0 Å². The van der Waals surface area contributed by atoms with E-state index in [1.54, 1.807) is 11.0 Å². The third kappa shape index (κ3) is 1.69. The van der Waals surface area contributed by atoms with Crippen molar-refractivity contribution in [3.05, 3.63) is 29.6 Å². The van der Waals surface area contributed by atoms with Gasteiger partial charge in [0.05, 0.1) is 5.69 Å². The van der Waals surface area contributed by atoms with Crippen LogP contribution in [0.25, 0.3) is 0 Å². The number of rotatable bonds is 3. The maximum absolute atomic E-state index is 13.8. The predicted octanol–water partition coefficient (Wildman–Crippen LogP) is 2.27. The molecule has 0 bridgehead atoms. The zero-order valence-corrected chi connectivity index (χ0v) is 9.96. The van der Waals surface area contributed by atoms with Crippen molar-refractivity contribution < 1.29 is 4.39 Å². The molecule has 0 saturated heterocycles. The molecule has 0 aromatic heterocycles. The highest BCUT2D eigenvalue weighted by molar-refractivity contribution is 5.49. The first-order valence-electron chi connectivity index (χ1n) is 5.76. The molecule has 1 saturated carbocycles. The maximum Gasteiger partial charge on any atom is 0.146 e. The largest absolute Gasteiger partial charge is 0.375 e. The summed E-state index contributed by atoms with van der Waals surface area (Å²) in [5, 5.41) is 0. The monoisotopic (exact) mass is 222 g/mol. The Morgan fingerprint density at radius 3 is 2.44 bits per heavy atom. The molecule has 0 radical (unpaired) electrons. The minimum atomic E-state index is -0.151. The summed E-state index contributed by atoms with van der Waals surface area (Å²) in [4.78, 5) is 1.79. The lowest BCUT2D eigenvalue weighted by molar-refractivity contribution is 0.252. The zero-order valence-electron chi connectivity index (χ0n) is 9.96. The first-order valence-corrected chi connectivity index (χ1v) is 5.76. The Labute approximate surface area is 96.2 Å². The Hall–Kier alpha value is -1.09. The lowest BCUT2D eigenvalue weighted by Crippen LogP contribution is -2.41. The molecule has 2 N–H and O–H groups in total. The van der Waals surface area contributed by atoms with Crippen molar-refractivity contribution in [2.75, 3.05) is 25.5 Å². The van der Waals surface area contributed by atoms with Gasteiger partial charge < -0.3 is 10.6 Å². The van der Waals surface area contributed by atoms with E-state index in [0.29, 0.717) is 12.2 Å². The third-order valence-corrected chi connectivity index (χ3v) is 3.74. The van der Waals surface area contributed by atoms with Crippen LogP contribution in [0.1, 0.15) is 24.8 Å². The molecule has 1 aromatic rings. The summed E-state index contributed by atoms with van der Waals surface area (Å²) in [6.45, 7) is 0.619. The van der Waals surface area contributed by atoms with Gasteiger partial charge in [0.15, 0.2) is 0 Å². The van der Waals surface area contributed by atoms with Crippen LogP contribution in [0.4, 0.5) is 10.1 Å². The molecular weight excluding hydrogens is 203 g/mol. The quantitative estimate of drug-likeness (QED) is 0.850. The van der Waals surface area contributed by atoms with Gasteiger partial charge >= 0.3 is 0 Å². The van der Waals surface area contributed by atoms with E-state index >= 15 is 0 Å². The van der Waals surface area contributed by atoms with Crippen LogP contribution < -0.4 is 10.6 Å². The van der Waals surface area contributed by atoms with E-state index in [4.69, 9.17) is 5.73 Å². The van der Waals surface area contributed by atoms with Gasteiger partial charge in [-0.05, 0) is 30.5 Å². The van der Waals surface area contributed by atoms with E-state index < -0.39 is 0 Å². The number of hydrogen-bond donors (Lipinski definition) is 1. The summed E-state index contributed by atoms with van der Waals surface area (Å²) >= 11 is 0. The van der Waals surface area contributed by atoms with Gasteiger partial charge in [-0.25, -0.2) is 4.39 Å². The predicted molar refractivity (Wildman–Crippen MR) is 65.3 cm³/mol. The van der Waals surface area contributed by atoms with Crippen LogP contribution in [0.15, 0.2) is 18.2 Å². The van der Waals surface area contributed by atoms with Crippen LogP contribution in [0.3, 0.4) is 0 Å². The molecule has 2 nitrogen and oxygen atoms in total. The molecule has 0 spiro atoms. The minimum absolute atomic E-state index is 0.0473. The summed E-state index contributed by atoms with van der Waals surface area (Å²) in [5.74, 6) is -0.151. The number of anilines is 1. The van der Waals surface area contributed by atoms with E-state index in [-0.39, 0.29) is 11.2 Å². The van der Waals surface area contributed by atoms with E-state index in [9.17, 15) is 4.39 Å². The van der Waals surface area contributed by atoms with Gasteiger partial charge in [0, 0.05) is 26.1 Å². The first-order chi connectivity index (χ1) is 7.59. The van der Waals surface area contributed by atoms with Gasteiger partial charge in [0.25, 0.3) is 0 Å². The molecule has 2 rings (SSSR count). The van der Waals surface area contributed by atoms with E-state index in [1.807, 2.05) is 26.2 Å². The van der Waals surface area contributed by atoms with E-state index in [0.717, 1.165) is 18.4 Å². The minimum Gasteiger partial charge on any atom is -0.375 e. The summed E-state index contributed by atoms with van der Waals surface area (Å²) in [6.07, 6.45) is 3.38. The number of nitrogens with two attached hydrogens (primary N) is 1. The van der Waals surface area contributed by atoms with Crippen molar-refractivity contribution >= 4 is 5.69 Å². The van der Waals surface area contributed by atoms with Crippen LogP contribution in [-0.2, 0) is 5.41 Å². The molecule has 1 fully saturated rings. The van der Waals surface area contributed by atoms with E-state index in [1.165, 1.54) is 6.42 Å². The second-order valence-electron chi connectivity index (χ2n) is 4.90. The number of nitrogens with zero attached hydrogens (tertiary/aromatic N) is 1. The van der Waals surface area contributed by atoms with Gasteiger partial charge in [-0.3, -0.25) is 0 Å². The van der Waals surface area contributed by atoms with Crippen molar-refractivity contribution in [3.63, 3.8) is 0 Å². The topological polar surface area (TPSA) is 29.3 Å². The summed E-state index contributed by atoms with van der Waals surface area (Å²) < 4.78 is 13.8. The molecule has 1 aliphatic rings. The number of halogens is 1. The Kier molecular flexibility index (Phi) is 2.89. The van der Waals surface area contributed by atoms with Crippen molar-refractivity contribution in [2.24, 2.45) is 5.73 Å². The summed E-state index contributed by atoms with van der Waals surface area (Å²) in [5.41, 5.74) is 7.56. The second kappa shape index (κ2) is 4.06. The highest BCUT2D eigenvalue weighted by atomic mass is 19.1. The number of benzene rings is 1. The smallest absolute Gasteiger partial charge is 0.146 e. The van der Waals surface area contributed by atoms with Crippen LogP contribution >= 0.6 is 0 Å². The van der Waals surface area contributed by atoms with Gasteiger partial charge in [0.2, 0.25) is 0 Å². The van der Waals surface area contributed by atoms with Gasteiger partial charge in [0.1, 0.15) is 5.82 Å². The molecule has 88 valence electrons. The fraction of sp³-hybridized carbons (Fsp3) is 0.538. The zero-order chi connectivity index (χ0) is 11.8. The van der Waals surface area contributed by atoms with Crippen molar-refractivity contribution in [3.8, 4) is 0 Å². The third-order valence-electron chi connectivity index (χ3n) is 3.74. The van der Waals surface area contributed by atoms with E-state index in [2.05, 4.69) is 0 Å². The summed E-state index contributed by atoms with van der Waals surface area (Å²) in [6, 6.07) is 5.52. The molecule has 0 unspecified atom stereocenters. The molecular formula is C13H19FN2. The highest BCUT2D eigenvalue weighted by Crippen LogP contribution is 2.43. The Morgan fingerprint density at radius 2 is 2.06 bits per heavy atom. The van der Waals surface area contributed by atoms with Crippen LogP contribution in [0.2, 0.25) is 0 Å². The fourth-order valence-corrected chi connectivity index (χ4v) is 2.41. The molecule has 16 heavy (non-hydrogen) atoms. The number of hydrogen-bond acceptors (Lipinski definition) is 2. The Bertz CT molecular complexity index is 378. The van der Waals surface area contributed by atoms with Crippen molar-refractivity contribution in [1.29, 1.82) is 0 Å². The van der Waals surface area contributed by atoms with Gasteiger partial charge in [-0.2, -0.15) is 0 Å². The average molecular weight is 222 g/mol. The molecule has 0 atom stereocenters. The summed E-state index contributed by atoms with van der Waals surface area (Å²) in [7, 11) is 3.69. The van der Waals surface area contributed by atoms with Gasteiger partial charge in [-0.1, -0.05) is 12.5 Å². The standard InChI is InChI=1S/C13H19FN2/c1-16(2)12-5-4-10(8-11(12)14)13(9-15)6-3-7-13/h4-5,8H,3,6-7,9,15H2,1-2H3. The van der Waals surface area contributed by atoms with Crippen LogP contribution in [0.5, 0.6) is 0 Å². The molecule has 1 aliphatic carbocycles. The normalized spacial score (nSPS) is 18.0. The second-order valence-corrected chi connectivity index (χ2v) is 4.90. The van der Waals surface area contributed by atoms with Crippen LogP contribution in [-0.4, -0.2) is 20.6 Å². The Balaban J connectivity index is 2.34. The Morgan fingerprint density at radius 1 is 1.38 bits per heavy atom. The molecule has 0 heterocycles. The van der Waals surface area contributed by atoms with Crippen molar-refractivity contribution in [2.45, 2.75) is 24.7 Å². The maximum atomic E-state index is 13.8. The lowest BCUT2D eigenvalue weighted by Gasteiger charge is -2.41. The average Bonchev–Trinajstić information content (AvgIpc) is 2.16. The van der Waals surface area contributed by atoms with Crippen LogP contribution in [0, 0.1) is 5.82 Å². The molecule has 3 heteroatoms. The molecule has 1 aromatic carbocycles. The highest BCUT2D eigenvalue weighted by Gasteiger charge is 2.37.